The normalized spacial score (nSPS) is 11.3. The van der Waals surface area contributed by atoms with Gasteiger partial charge in [0.15, 0.2) is 0 Å². The van der Waals surface area contributed by atoms with Crippen LogP contribution in [0.15, 0.2) is 39.3 Å². The number of rotatable bonds is 3. The zero-order valence-electron chi connectivity index (χ0n) is 10.5. The molecule has 1 heterocycles. The number of halogens is 5. The van der Waals surface area contributed by atoms with E-state index in [1.165, 1.54) is 18.2 Å². The quantitative estimate of drug-likeness (QED) is 0.639. The molecule has 2 rings (SSSR count). The average Bonchev–Trinajstić information content (AvgIpc) is 2.36. The van der Waals surface area contributed by atoms with Gasteiger partial charge in [-0.15, -0.1) is 13.2 Å². The summed E-state index contributed by atoms with van der Waals surface area (Å²) >= 11 is 6.32. The largest absolute Gasteiger partial charge is 0.573 e. The summed E-state index contributed by atoms with van der Waals surface area (Å²) in [6.45, 7) is 1.80. The molecule has 2 aromatic rings. The topological polar surface area (TPSA) is 31.4 Å². The molecule has 0 bridgehead atoms. The highest BCUT2D eigenvalue weighted by Gasteiger charge is 2.32. The summed E-state index contributed by atoms with van der Waals surface area (Å²) in [6.07, 6.45) is -4.74. The number of nitrogens with zero attached hydrogens (tertiary/aromatic N) is 1. The summed E-state index contributed by atoms with van der Waals surface area (Å²) in [4.78, 5) is 4.18. The molecule has 112 valence electrons. The summed E-state index contributed by atoms with van der Waals surface area (Å²) in [6, 6.07) is 7.32. The highest BCUT2D eigenvalue weighted by Crippen LogP contribution is 2.34. The number of ether oxygens (including phenoxy) is 2. The molecular weight excluding hydrogens is 419 g/mol. The first kappa shape index (κ1) is 16.1. The van der Waals surface area contributed by atoms with E-state index in [1.54, 1.807) is 19.1 Å². The van der Waals surface area contributed by atoms with Gasteiger partial charge in [-0.05, 0) is 63.0 Å². The van der Waals surface area contributed by atoms with E-state index in [-0.39, 0.29) is 10.2 Å². The Balaban J connectivity index is 2.18. The third kappa shape index (κ3) is 4.60. The molecule has 0 aliphatic rings. The van der Waals surface area contributed by atoms with E-state index in [4.69, 9.17) is 4.74 Å². The van der Waals surface area contributed by atoms with Crippen molar-refractivity contribution in [2.45, 2.75) is 13.3 Å². The van der Waals surface area contributed by atoms with Crippen LogP contribution in [0.2, 0.25) is 0 Å². The fourth-order valence-electron chi connectivity index (χ4n) is 1.45. The Kier molecular flexibility index (Phi) is 4.77. The van der Waals surface area contributed by atoms with Crippen molar-refractivity contribution in [2.75, 3.05) is 0 Å². The molecule has 0 atom stereocenters. The van der Waals surface area contributed by atoms with Gasteiger partial charge < -0.3 is 9.47 Å². The molecule has 3 nitrogen and oxygen atoms in total. The lowest BCUT2D eigenvalue weighted by Crippen LogP contribution is -2.17. The number of pyridine rings is 1. The Hall–Kier alpha value is -1.28. The van der Waals surface area contributed by atoms with Crippen molar-refractivity contribution in [2.24, 2.45) is 0 Å². The minimum atomic E-state index is -4.74. The molecule has 0 saturated carbocycles. The standard InChI is InChI=1S/C13H8Br2F3NO2/c1-7-9(14)3-5-12(19-7)20-8-2-4-11(10(15)6-8)21-13(16,17)18/h2-6H,1H3. The Labute approximate surface area is 135 Å². The van der Waals surface area contributed by atoms with E-state index in [0.29, 0.717) is 11.6 Å². The Bertz CT molecular complexity index is 662. The van der Waals surface area contributed by atoms with E-state index in [0.717, 1.165) is 10.2 Å². The maximum absolute atomic E-state index is 12.2. The molecule has 0 spiro atoms. The highest BCUT2D eigenvalue weighted by atomic mass is 79.9. The predicted molar refractivity (Wildman–Crippen MR) is 77.6 cm³/mol. The number of hydrogen-bond donors (Lipinski definition) is 0. The maximum Gasteiger partial charge on any atom is 0.573 e. The van der Waals surface area contributed by atoms with Crippen molar-refractivity contribution in [3.63, 3.8) is 0 Å². The Morgan fingerprint density at radius 2 is 1.76 bits per heavy atom. The van der Waals surface area contributed by atoms with Crippen molar-refractivity contribution in [3.05, 3.63) is 45.0 Å². The van der Waals surface area contributed by atoms with Gasteiger partial charge in [0.05, 0.1) is 10.2 Å². The van der Waals surface area contributed by atoms with Crippen LogP contribution in [0.3, 0.4) is 0 Å². The first-order valence-electron chi connectivity index (χ1n) is 5.61. The van der Waals surface area contributed by atoms with Crippen LogP contribution in [0, 0.1) is 6.92 Å². The number of benzene rings is 1. The monoisotopic (exact) mass is 425 g/mol. The van der Waals surface area contributed by atoms with Crippen molar-refractivity contribution in [3.8, 4) is 17.4 Å². The molecule has 0 saturated heterocycles. The number of hydrogen-bond acceptors (Lipinski definition) is 3. The Morgan fingerprint density at radius 3 is 2.33 bits per heavy atom. The molecule has 8 heteroatoms. The molecule has 0 fully saturated rings. The second-order valence-electron chi connectivity index (χ2n) is 3.96. The zero-order chi connectivity index (χ0) is 15.6. The lowest BCUT2D eigenvalue weighted by molar-refractivity contribution is -0.274. The second-order valence-corrected chi connectivity index (χ2v) is 5.67. The number of aryl methyl sites for hydroxylation is 1. The van der Waals surface area contributed by atoms with Crippen LogP contribution < -0.4 is 9.47 Å². The number of alkyl halides is 3. The lowest BCUT2D eigenvalue weighted by Gasteiger charge is -2.12. The van der Waals surface area contributed by atoms with Gasteiger partial charge in [0.2, 0.25) is 5.88 Å². The van der Waals surface area contributed by atoms with Gasteiger partial charge in [-0.3, -0.25) is 0 Å². The molecule has 0 radical (unpaired) electrons. The van der Waals surface area contributed by atoms with Gasteiger partial charge in [-0.2, -0.15) is 0 Å². The van der Waals surface area contributed by atoms with E-state index in [9.17, 15) is 13.2 Å². The van der Waals surface area contributed by atoms with Crippen molar-refractivity contribution < 1.29 is 22.6 Å². The third-order valence-electron chi connectivity index (χ3n) is 2.35. The van der Waals surface area contributed by atoms with Gasteiger partial charge in [0.25, 0.3) is 0 Å². The maximum atomic E-state index is 12.2. The summed E-state index contributed by atoms with van der Waals surface area (Å²) in [5.74, 6) is 0.340. The lowest BCUT2D eigenvalue weighted by atomic mass is 10.3. The Morgan fingerprint density at radius 1 is 1.05 bits per heavy atom. The molecule has 1 aromatic carbocycles. The van der Waals surface area contributed by atoms with Gasteiger partial charge in [0, 0.05) is 10.5 Å². The fourth-order valence-corrected chi connectivity index (χ4v) is 2.11. The van der Waals surface area contributed by atoms with Gasteiger partial charge in [-0.1, -0.05) is 0 Å². The van der Waals surface area contributed by atoms with Gasteiger partial charge >= 0.3 is 6.36 Å². The summed E-state index contributed by atoms with van der Waals surface area (Å²) in [5.41, 5.74) is 0.739. The van der Waals surface area contributed by atoms with Crippen LogP contribution in [-0.2, 0) is 0 Å². The van der Waals surface area contributed by atoms with Crippen molar-refractivity contribution >= 4 is 31.9 Å². The average molecular weight is 427 g/mol. The smallest absolute Gasteiger partial charge is 0.439 e. The van der Waals surface area contributed by atoms with E-state index in [2.05, 4.69) is 41.6 Å². The predicted octanol–water partition coefficient (Wildman–Crippen LogP) is 5.61. The fraction of sp³-hybridized carbons (Fsp3) is 0.154. The first-order chi connectivity index (χ1) is 9.74. The molecule has 0 aliphatic heterocycles. The second kappa shape index (κ2) is 6.23. The highest BCUT2D eigenvalue weighted by molar-refractivity contribution is 9.10. The summed E-state index contributed by atoms with van der Waals surface area (Å²) < 4.78 is 46.8. The molecule has 0 unspecified atom stereocenters. The minimum Gasteiger partial charge on any atom is -0.439 e. The molecule has 21 heavy (non-hydrogen) atoms. The van der Waals surface area contributed by atoms with Gasteiger partial charge in [-0.25, -0.2) is 4.98 Å². The van der Waals surface area contributed by atoms with Crippen LogP contribution in [-0.4, -0.2) is 11.3 Å². The van der Waals surface area contributed by atoms with Crippen LogP contribution in [0.25, 0.3) is 0 Å². The summed E-state index contributed by atoms with van der Waals surface area (Å²) in [5, 5.41) is 0. The van der Waals surface area contributed by atoms with Crippen LogP contribution >= 0.6 is 31.9 Å². The van der Waals surface area contributed by atoms with Crippen molar-refractivity contribution in [1.82, 2.24) is 4.98 Å². The van der Waals surface area contributed by atoms with Crippen LogP contribution in [0.4, 0.5) is 13.2 Å². The van der Waals surface area contributed by atoms with Crippen molar-refractivity contribution in [1.29, 1.82) is 0 Å². The van der Waals surface area contributed by atoms with Crippen LogP contribution in [0.1, 0.15) is 5.69 Å². The summed E-state index contributed by atoms with van der Waals surface area (Å²) in [7, 11) is 0. The first-order valence-corrected chi connectivity index (χ1v) is 7.19. The van der Waals surface area contributed by atoms with E-state index in [1.807, 2.05) is 0 Å². The minimum absolute atomic E-state index is 0.131. The molecule has 0 amide bonds. The molecule has 1 aromatic heterocycles. The van der Waals surface area contributed by atoms with Crippen LogP contribution in [0.5, 0.6) is 17.4 Å². The SMILES string of the molecule is Cc1nc(Oc2ccc(OC(F)(F)F)c(Br)c2)ccc1Br. The molecule has 0 N–H and O–H groups in total. The van der Waals surface area contributed by atoms with Gasteiger partial charge in [0.1, 0.15) is 11.5 Å². The zero-order valence-corrected chi connectivity index (χ0v) is 13.7. The third-order valence-corrected chi connectivity index (χ3v) is 3.81. The van der Waals surface area contributed by atoms with E-state index < -0.39 is 6.36 Å². The molecular formula is C13H8Br2F3NO2. The number of aromatic nitrogens is 1. The molecule has 0 aliphatic carbocycles. The van der Waals surface area contributed by atoms with E-state index >= 15 is 0 Å².